The number of aryl methyl sites for hydroxylation is 2. The summed E-state index contributed by atoms with van der Waals surface area (Å²) in [6.07, 6.45) is 0.162. The average molecular weight is 421 g/mol. The van der Waals surface area contributed by atoms with E-state index in [2.05, 4.69) is 15.6 Å². The van der Waals surface area contributed by atoms with Crippen LogP contribution < -0.4 is 15.4 Å². The van der Waals surface area contributed by atoms with E-state index in [0.717, 1.165) is 10.7 Å². The van der Waals surface area contributed by atoms with Crippen LogP contribution in [0.25, 0.3) is 11.0 Å². The van der Waals surface area contributed by atoms with E-state index in [1.165, 1.54) is 11.3 Å². The second-order valence-electron chi connectivity index (χ2n) is 7.12. The van der Waals surface area contributed by atoms with E-state index in [-0.39, 0.29) is 12.0 Å². The Morgan fingerprint density at radius 1 is 1.45 bits per heavy atom. The Hall–Kier alpha value is -2.52. The van der Waals surface area contributed by atoms with Crippen molar-refractivity contribution in [1.29, 1.82) is 0 Å². The van der Waals surface area contributed by atoms with Gasteiger partial charge in [-0.3, -0.25) is 4.79 Å². The fourth-order valence-electron chi connectivity index (χ4n) is 3.43. The molecule has 0 radical (unpaired) electrons. The summed E-state index contributed by atoms with van der Waals surface area (Å²) in [5, 5.41) is 8.46. The largest absolute Gasteiger partial charge is 0.486 e. The zero-order valence-electron chi connectivity index (χ0n) is 16.1. The van der Waals surface area contributed by atoms with Crippen molar-refractivity contribution < 1.29 is 22.7 Å². The number of alkyl halides is 2. The van der Waals surface area contributed by atoms with Crippen molar-refractivity contribution in [2.24, 2.45) is 0 Å². The first kappa shape index (κ1) is 19.8. The lowest BCUT2D eigenvalue weighted by molar-refractivity contribution is -0.0487. The number of nitrogens with zero attached hydrogens (tertiary/aromatic N) is 1. The fourth-order valence-corrected chi connectivity index (χ4v) is 4.11. The topological polar surface area (TPSA) is 76.4 Å². The van der Waals surface area contributed by atoms with Crippen LogP contribution in [0.4, 0.5) is 8.78 Å². The number of carbonyl (C=O) groups excluding carboxylic acids is 1. The molecule has 0 bridgehead atoms. The average Bonchev–Trinajstić information content (AvgIpc) is 3.23. The molecule has 154 valence electrons. The van der Waals surface area contributed by atoms with Crippen LogP contribution in [0.15, 0.2) is 28.0 Å². The minimum Gasteiger partial charge on any atom is -0.486 e. The maximum absolute atomic E-state index is 14.1. The Labute approximate surface area is 170 Å². The van der Waals surface area contributed by atoms with Crippen LogP contribution in [-0.2, 0) is 6.61 Å². The molecule has 1 amide bonds. The highest BCUT2D eigenvalue weighted by atomic mass is 32.1. The third-order valence-corrected chi connectivity index (χ3v) is 5.82. The number of carbonyl (C=O) groups is 1. The molecular weight excluding hydrogens is 400 g/mol. The fraction of sp³-hybridized carbons (Fsp3) is 0.400. The first-order valence-electron chi connectivity index (χ1n) is 9.30. The maximum atomic E-state index is 14.1. The van der Waals surface area contributed by atoms with Crippen molar-refractivity contribution in [1.82, 2.24) is 15.6 Å². The first-order chi connectivity index (χ1) is 13.8. The Kier molecular flexibility index (Phi) is 5.26. The number of aromatic nitrogens is 1. The molecular formula is C20H21F2N3O3S. The van der Waals surface area contributed by atoms with Crippen LogP contribution in [0.1, 0.15) is 33.2 Å². The third kappa shape index (κ3) is 4.11. The molecule has 1 aromatic carbocycles. The van der Waals surface area contributed by atoms with E-state index < -0.39 is 24.4 Å². The molecule has 1 atom stereocenters. The van der Waals surface area contributed by atoms with E-state index in [9.17, 15) is 13.6 Å². The van der Waals surface area contributed by atoms with Gasteiger partial charge in [0.1, 0.15) is 28.7 Å². The number of amides is 1. The number of thiazole rings is 1. The Morgan fingerprint density at radius 3 is 3.00 bits per heavy atom. The van der Waals surface area contributed by atoms with Gasteiger partial charge in [-0.15, -0.1) is 11.3 Å². The molecule has 1 aliphatic heterocycles. The number of nitrogens with one attached hydrogen (secondary N) is 2. The Morgan fingerprint density at radius 2 is 2.28 bits per heavy atom. The summed E-state index contributed by atoms with van der Waals surface area (Å²) in [5.74, 6) is -2.64. The summed E-state index contributed by atoms with van der Waals surface area (Å²) in [7, 11) is 0. The number of hydrogen-bond acceptors (Lipinski definition) is 6. The van der Waals surface area contributed by atoms with Crippen molar-refractivity contribution in [2.75, 3.05) is 13.1 Å². The molecule has 29 heavy (non-hydrogen) atoms. The summed E-state index contributed by atoms with van der Waals surface area (Å²) >= 11 is 1.51. The highest BCUT2D eigenvalue weighted by Crippen LogP contribution is 2.31. The van der Waals surface area contributed by atoms with E-state index >= 15 is 0 Å². The normalized spacial score (nSPS) is 18.7. The van der Waals surface area contributed by atoms with E-state index in [1.807, 2.05) is 12.3 Å². The quantitative estimate of drug-likeness (QED) is 0.655. The number of ether oxygens (including phenoxy) is 1. The smallest absolute Gasteiger partial charge is 0.280 e. The van der Waals surface area contributed by atoms with Crippen molar-refractivity contribution >= 4 is 28.2 Å². The Bertz CT molecular complexity index is 1050. The van der Waals surface area contributed by atoms with Gasteiger partial charge in [0.25, 0.3) is 11.8 Å². The maximum Gasteiger partial charge on any atom is 0.280 e. The lowest BCUT2D eigenvalue weighted by Crippen LogP contribution is -2.57. The van der Waals surface area contributed by atoms with Crippen LogP contribution in [0, 0.1) is 13.8 Å². The van der Waals surface area contributed by atoms with Crippen molar-refractivity contribution in [3.63, 3.8) is 0 Å². The van der Waals surface area contributed by atoms with Gasteiger partial charge >= 0.3 is 0 Å². The van der Waals surface area contributed by atoms with Crippen LogP contribution in [0.5, 0.6) is 5.75 Å². The number of piperidine rings is 1. The number of benzene rings is 1. The molecule has 2 N–H and O–H groups in total. The molecule has 4 rings (SSSR count). The molecule has 0 aliphatic carbocycles. The zero-order chi connectivity index (χ0) is 20.6. The van der Waals surface area contributed by atoms with Gasteiger partial charge in [0.2, 0.25) is 0 Å². The number of furan rings is 1. The van der Waals surface area contributed by atoms with Gasteiger partial charge < -0.3 is 19.8 Å². The van der Waals surface area contributed by atoms with Crippen molar-refractivity contribution in [2.45, 2.75) is 38.8 Å². The van der Waals surface area contributed by atoms with E-state index in [4.69, 9.17) is 9.15 Å². The zero-order valence-corrected chi connectivity index (χ0v) is 16.9. The van der Waals surface area contributed by atoms with Crippen molar-refractivity contribution in [3.8, 4) is 5.75 Å². The molecule has 1 aliphatic rings. The SMILES string of the molecule is Cc1csc(COc2ccc3oc(C)c(C(=O)NC4CCNCC4(F)F)c3c2)n1. The molecule has 6 nitrogen and oxygen atoms in total. The summed E-state index contributed by atoms with van der Waals surface area (Å²) in [6.45, 7) is 3.85. The molecule has 0 saturated carbocycles. The van der Waals surface area contributed by atoms with Gasteiger partial charge in [-0.2, -0.15) is 0 Å². The third-order valence-electron chi connectivity index (χ3n) is 4.88. The van der Waals surface area contributed by atoms with Gasteiger partial charge in [0.05, 0.1) is 18.2 Å². The van der Waals surface area contributed by atoms with Crippen LogP contribution in [-0.4, -0.2) is 35.9 Å². The minimum absolute atomic E-state index is 0.162. The lowest BCUT2D eigenvalue weighted by atomic mass is 10.0. The molecule has 1 saturated heterocycles. The summed E-state index contributed by atoms with van der Waals surface area (Å²) < 4.78 is 39.6. The summed E-state index contributed by atoms with van der Waals surface area (Å²) in [4.78, 5) is 17.2. The van der Waals surface area contributed by atoms with E-state index in [0.29, 0.717) is 35.6 Å². The van der Waals surface area contributed by atoms with Gasteiger partial charge in [-0.1, -0.05) is 0 Å². The number of hydrogen-bond donors (Lipinski definition) is 2. The minimum atomic E-state index is -3.00. The highest BCUT2D eigenvalue weighted by Gasteiger charge is 2.42. The second-order valence-corrected chi connectivity index (χ2v) is 8.06. The monoisotopic (exact) mass is 421 g/mol. The molecule has 1 fully saturated rings. The Balaban J connectivity index is 1.56. The van der Waals surface area contributed by atoms with Crippen molar-refractivity contribution in [3.05, 3.63) is 45.6 Å². The molecule has 3 heterocycles. The molecule has 0 spiro atoms. The molecule has 1 unspecified atom stereocenters. The first-order valence-corrected chi connectivity index (χ1v) is 10.2. The summed E-state index contributed by atoms with van der Waals surface area (Å²) in [5.41, 5.74) is 1.69. The number of rotatable bonds is 5. The predicted molar refractivity (Wildman–Crippen MR) is 106 cm³/mol. The lowest BCUT2D eigenvalue weighted by Gasteiger charge is -2.32. The second kappa shape index (κ2) is 7.72. The van der Waals surface area contributed by atoms with Gasteiger partial charge in [0.15, 0.2) is 0 Å². The molecule has 3 aromatic rings. The van der Waals surface area contributed by atoms with Gasteiger partial charge in [0, 0.05) is 16.5 Å². The molecule has 9 heteroatoms. The van der Waals surface area contributed by atoms with Gasteiger partial charge in [-0.25, -0.2) is 13.8 Å². The van der Waals surface area contributed by atoms with Gasteiger partial charge in [-0.05, 0) is 45.0 Å². The summed E-state index contributed by atoms with van der Waals surface area (Å²) in [6, 6.07) is 3.93. The number of fused-ring (bicyclic) bond motifs is 1. The standard InChI is InChI=1S/C20H21F2N3O3S/c1-11-9-29-17(24-11)8-27-13-3-4-15-14(7-13)18(12(2)28-15)19(26)25-16-5-6-23-10-20(16,21)22/h3-4,7,9,16,23H,5-6,8,10H2,1-2H3,(H,25,26). The van der Waals surface area contributed by atoms with Crippen LogP contribution in [0.2, 0.25) is 0 Å². The predicted octanol–water partition coefficient (Wildman–Crippen LogP) is 3.81. The molecule has 2 aromatic heterocycles. The van der Waals surface area contributed by atoms with Crippen LogP contribution in [0.3, 0.4) is 0 Å². The van der Waals surface area contributed by atoms with Crippen LogP contribution >= 0.6 is 11.3 Å². The number of halogens is 2. The highest BCUT2D eigenvalue weighted by molar-refractivity contribution is 7.09. The van der Waals surface area contributed by atoms with E-state index in [1.54, 1.807) is 25.1 Å².